The summed E-state index contributed by atoms with van der Waals surface area (Å²) in [5.41, 5.74) is 0.851. The Morgan fingerprint density at radius 3 is 2.65 bits per heavy atom. The Morgan fingerprint density at radius 2 is 2.05 bits per heavy atom. The SMILES string of the molecule is CNC(C)c1cnc(-c2ccc(OC)c(OC)c2Cl)s1. The van der Waals surface area contributed by atoms with Crippen molar-refractivity contribution in [1.29, 1.82) is 0 Å². The first-order valence-corrected chi connectivity index (χ1v) is 7.35. The van der Waals surface area contributed by atoms with Crippen LogP contribution in [0.1, 0.15) is 17.8 Å². The minimum Gasteiger partial charge on any atom is -0.493 e. The summed E-state index contributed by atoms with van der Waals surface area (Å²) < 4.78 is 10.5. The molecule has 0 aliphatic carbocycles. The maximum atomic E-state index is 6.40. The first kappa shape index (κ1) is 15.1. The van der Waals surface area contributed by atoms with Gasteiger partial charge in [-0.2, -0.15) is 0 Å². The molecule has 0 saturated carbocycles. The van der Waals surface area contributed by atoms with Gasteiger partial charge in [0.05, 0.1) is 19.2 Å². The summed E-state index contributed by atoms with van der Waals surface area (Å²) in [5, 5.41) is 4.58. The van der Waals surface area contributed by atoms with E-state index in [1.807, 2.05) is 25.4 Å². The quantitative estimate of drug-likeness (QED) is 0.913. The molecular weight excluding hydrogens is 296 g/mol. The third-order valence-corrected chi connectivity index (χ3v) is 4.69. The van der Waals surface area contributed by atoms with E-state index in [9.17, 15) is 0 Å². The molecule has 1 aromatic heterocycles. The van der Waals surface area contributed by atoms with Gasteiger partial charge in [-0.3, -0.25) is 0 Å². The number of halogens is 1. The van der Waals surface area contributed by atoms with Gasteiger partial charge in [0, 0.05) is 22.7 Å². The molecule has 1 heterocycles. The standard InChI is InChI=1S/C14H17ClN2O2S/c1-8(16-2)11-7-17-14(20-11)9-5-6-10(18-3)13(19-4)12(9)15/h5-8,16H,1-4H3. The summed E-state index contributed by atoms with van der Waals surface area (Å²) in [6, 6.07) is 4.00. The Kier molecular flexibility index (Phi) is 4.86. The monoisotopic (exact) mass is 312 g/mol. The molecule has 20 heavy (non-hydrogen) atoms. The molecule has 1 N–H and O–H groups in total. The Morgan fingerprint density at radius 1 is 1.30 bits per heavy atom. The smallest absolute Gasteiger partial charge is 0.180 e. The van der Waals surface area contributed by atoms with Crippen molar-refractivity contribution >= 4 is 22.9 Å². The normalized spacial score (nSPS) is 12.2. The minimum atomic E-state index is 0.264. The van der Waals surface area contributed by atoms with E-state index < -0.39 is 0 Å². The summed E-state index contributed by atoms with van der Waals surface area (Å²) >= 11 is 8.01. The van der Waals surface area contributed by atoms with Gasteiger partial charge in [-0.05, 0) is 26.1 Å². The Balaban J connectivity index is 2.45. The van der Waals surface area contributed by atoms with Crippen LogP contribution < -0.4 is 14.8 Å². The summed E-state index contributed by atoms with van der Waals surface area (Å²) in [4.78, 5) is 5.61. The molecule has 108 valence electrons. The molecule has 0 amide bonds. The lowest BCUT2D eigenvalue weighted by Crippen LogP contribution is -2.10. The van der Waals surface area contributed by atoms with Gasteiger partial charge in [0.2, 0.25) is 0 Å². The van der Waals surface area contributed by atoms with Gasteiger partial charge in [0.1, 0.15) is 5.01 Å². The van der Waals surface area contributed by atoms with Crippen molar-refractivity contribution in [2.75, 3.05) is 21.3 Å². The molecule has 0 bridgehead atoms. The molecule has 0 fully saturated rings. The molecular formula is C14H17ClN2O2S. The molecule has 0 aliphatic heterocycles. The van der Waals surface area contributed by atoms with Crippen molar-refractivity contribution in [1.82, 2.24) is 10.3 Å². The van der Waals surface area contributed by atoms with Crippen molar-refractivity contribution in [3.63, 3.8) is 0 Å². The summed E-state index contributed by atoms with van der Waals surface area (Å²) in [7, 11) is 5.08. The number of benzene rings is 1. The van der Waals surface area contributed by atoms with Crippen LogP contribution in [-0.4, -0.2) is 26.3 Å². The van der Waals surface area contributed by atoms with Crippen molar-refractivity contribution in [3.8, 4) is 22.1 Å². The van der Waals surface area contributed by atoms with Gasteiger partial charge in [0.15, 0.2) is 11.5 Å². The van der Waals surface area contributed by atoms with E-state index in [2.05, 4.69) is 17.2 Å². The van der Waals surface area contributed by atoms with Crippen LogP contribution in [0.2, 0.25) is 5.02 Å². The second kappa shape index (κ2) is 6.43. The maximum Gasteiger partial charge on any atom is 0.180 e. The lowest BCUT2D eigenvalue weighted by Gasteiger charge is -2.11. The lowest BCUT2D eigenvalue weighted by molar-refractivity contribution is 0.355. The zero-order valence-electron chi connectivity index (χ0n) is 11.9. The van der Waals surface area contributed by atoms with Crippen LogP contribution in [0.3, 0.4) is 0 Å². The second-order valence-corrected chi connectivity index (χ2v) is 5.68. The van der Waals surface area contributed by atoms with Crippen molar-refractivity contribution < 1.29 is 9.47 Å². The average Bonchev–Trinajstić information content (AvgIpc) is 2.95. The molecule has 0 aliphatic rings. The van der Waals surface area contributed by atoms with Crippen LogP contribution >= 0.6 is 22.9 Å². The van der Waals surface area contributed by atoms with Crippen molar-refractivity contribution in [2.45, 2.75) is 13.0 Å². The molecule has 1 aromatic carbocycles. The van der Waals surface area contributed by atoms with Crippen LogP contribution in [0.5, 0.6) is 11.5 Å². The number of hydrogen-bond acceptors (Lipinski definition) is 5. The van der Waals surface area contributed by atoms with E-state index in [1.54, 1.807) is 25.6 Å². The topological polar surface area (TPSA) is 43.4 Å². The van der Waals surface area contributed by atoms with Crippen LogP contribution in [0, 0.1) is 0 Å². The molecule has 0 spiro atoms. The van der Waals surface area contributed by atoms with E-state index in [0.717, 1.165) is 15.4 Å². The Bertz CT molecular complexity index is 601. The number of nitrogens with zero attached hydrogens (tertiary/aromatic N) is 1. The highest BCUT2D eigenvalue weighted by atomic mass is 35.5. The maximum absolute atomic E-state index is 6.40. The first-order chi connectivity index (χ1) is 9.62. The number of thiazole rings is 1. The number of methoxy groups -OCH3 is 2. The summed E-state index contributed by atoms with van der Waals surface area (Å²) in [5.74, 6) is 1.15. The minimum absolute atomic E-state index is 0.264. The molecule has 6 heteroatoms. The Hall–Kier alpha value is -1.30. The highest BCUT2D eigenvalue weighted by molar-refractivity contribution is 7.15. The average molecular weight is 313 g/mol. The van der Waals surface area contributed by atoms with Crippen molar-refractivity contribution in [3.05, 3.63) is 28.2 Å². The van der Waals surface area contributed by atoms with Crippen LogP contribution in [0.4, 0.5) is 0 Å². The highest BCUT2D eigenvalue weighted by Crippen LogP contribution is 2.43. The largest absolute Gasteiger partial charge is 0.493 e. The summed E-state index contributed by atoms with van der Waals surface area (Å²) in [6.45, 7) is 2.09. The zero-order chi connectivity index (χ0) is 14.7. The predicted molar refractivity (Wildman–Crippen MR) is 83.1 cm³/mol. The first-order valence-electron chi connectivity index (χ1n) is 6.16. The molecule has 2 aromatic rings. The number of rotatable bonds is 5. The molecule has 4 nitrogen and oxygen atoms in total. The number of hydrogen-bond donors (Lipinski definition) is 1. The molecule has 1 atom stereocenters. The van der Waals surface area contributed by atoms with Crippen LogP contribution in [0.25, 0.3) is 10.6 Å². The fraction of sp³-hybridized carbons (Fsp3) is 0.357. The third kappa shape index (κ3) is 2.75. The lowest BCUT2D eigenvalue weighted by atomic mass is 10.2. The van der Waals surface area contributed by atoms with Gasteiger partial charge in [0.25, 0.3) is 0 Å². The fourth-order valence-electron chi connectivity index (χ4n) is 1.81. The molecule has 2 rings (SSSR count). The van der Waals surface area contributed by atoms with Gasteiger partial charge < -0.3 is 14.8 Å². The summed E-state index contributed by atoms with van der Waals surface area (Å²) in [6.07, 6.45) is 1.87. The van der Waals surface area contributed by atoms with E-state index >= 15 is 0 Å². The molecule has 0 radical (unpaired) electrons. The van der Waals surface area contributed by atoms with Gasteiger partial charge in [-0.1, -0.05) is 11.6 Å². The number of aromatic nitrogens is 1. The highest BCUT2D eigenvalue weighted by Gasteiger charge is 2.17. The van der Waals surface area contributed by atoms with E-state index in [0.29, 0.717) is 16.5 Å². The Labute approximate surface area is 127 Å². The van der Waals surface area contributed by atoms with Crippen LogP contribution in [-0.2, 0) is 0 Å². The molecule has 0 saturated heterocycles. The molecule has 1 unspecified atom stereocenters. The van der Waals surface area contributed by atoms with Crippen molar-refractivity contribution in [2.24, 2.45) is 0 Å². The van der Waals surface area contributed by atoms with E-state index in [1.165, 1.54) is 0 Å². The number of ether oxygens (including phenoxy) is 2. The van der Waals surface area contributed by atoms with Gasteiger partial charge in [-0.15, -0.1) is 11.3 Å². The van der Waals surface area contributed by atoms with E-state index in [4.69, 9.17) is 21.1 Å². The van der Waals surface area contributed by atoms with Crippen LogP contribution in [0.15, 0.2) is 18.3 Å². The van der Waals surface area contributed by atoms with E-state index in [-0.39, 0.29) is 6.04 Å². The predicted octanol–water partition coefficient (Wildman–Crippen LogP) is 3.76. The zero-order valence-corrected chi connectivity index (χ0v) is 13.4. The second-order valence-electron chi connectivity index (χ2n) is 4.24. The van der Waals surface area contributed by atoms with Gasteiger partial charge >= 0.3 is 0 Å². The fourth-order valence-corrected chi connectivity index (χ4v) is 3.20. The number of nitrogens with one attached hydrogen (secondary N) is 1. The van der Waals surface area contributed by atoms with Gasteiger partial charge in [-0.25, -0.2) is 4.98 Å². The third-order valence-electron chi connectivity index (χ3n) is 3.10.